The molecule has 0 saturated carbocycles. The molecule has 0 bridgehead atoms. The summed E-state index contributed by atoms with van der Waals surface area (Å²) in [6, 6.07) is 11.7. The molecule has 3 fully saturated rings. The molecular formula is C62H66F5NO30. The van der Waals surface area contributed by atoms with Gasteiger partial charge in [-0.05, 0) is 22.3 Å². The smallest absolute Gasteiger partial charge is 0.407 e. The minimum absolute atomic E-state index is 0.450. The van der Waals surface area contributed by atoms with Gasteiger partial charge in [0.05, 0.1) is 6.61 Å². The Balaban J connectivity index is 1.28. The van der Waals surface area contributed by atoms with E-state index in [1.165, 1.54) is 0 Å². The van der Waals surface area contributed by atoms with Gasteiger partial charge < -0.3 is 90.6 Å². The van der Waals surface area contributed by atoms with Crippen molar-refractivity contribution in [2.75, 3.05) is 33.0 Å². The van der Waals surface area contributed by atoms with Crippen molar-refractivity contribution in [1.29, 1.82) is 0 Å². The number of halogens is 5. The number of hydrogen-bond donors (Lipinski definition) is 1. The Bertz CT molecular complexity index is 3440. The molecule has 1 aliphatic carbocycles. The fourth-order valence-corrected chi connectivity index (χ4v) is 10.9. The molecule has 0 aromatic heterocycles. The van der Waals surface area contributed by atoms with Crippen LogP contribution in [0.15, 0.2) is 48.5 Å². The van der Waals surface area contributed by atoms with Crippen LogP contribution >= 0.6 is 0 Å². The number of nitrogens with one attached hydrogen (secondary N) is 1. The van der Waals surface area contributed by atoms with Crippen molar-refractivity contribution in [2.24, 2.45) is 0 Å². The molecule has 3 aromatic rings. The van der Waals surface area contributed by atoms with Crippen molar-refractivity contribution in [3.8, 4) is 16.9 Å². The lowest BCUT2D eigenvalue weighted by atomic mass is 9.95. The molecule has 3 saturated heterocycles. The van der Waals surface area contributed by atoms with Crippen molar-refractivity contribution < 1.29 is 165 Å². The average Bonchev–Trinajstić information content (AvgIpc) is 1.34. The Labute approximate surface area is 552 Å². The first-order valence-electron chi connectivity index (χ1n) is 29.6. The fraction of sp³-hybridized carbons (Fsp3) is 0.516. The van der Waals surface area contributed by atoms with Crippen LogP contribution in [0.4, 0.5) is 26.7 Å². The molecule has 3 heterocycles. The lowest BCUT2D eigenvalue weighted by Crippen LogP contribution is -2.69. The number of benzene rings is 3. The molecular weight excluding hydrogens is 1330 g/mol. The molecule has 1 N–H and O–H groups in total. The second kappa shape index (κ2) is 33.6. The summed E-state index contributed by atoms with van der Waals surface area (Å²) in [5, 5.41) is 2.04. The molecule has 31 nitrogen and oxygen atoms in total. The Hall–Kier alpha value is -9.49. The second-order valence-electron chi connectivity index (χ2n) is 21.9. The Morgan fingerprint density at radius 1 is 0.388 bits per heavy atom. The number of esters is 11. The third kappa shape index (κ3) is 19.2. The Morgan fingerprint density at radius 2 is 0.714 bits per heavy atom. The maximum Gasteiger partial charge on any atom is 0.407 e. The standard InChI is InChI=1S/C62H66F5NO30/c1-24(69)81-21-40-48(86-27(4)72)52(87-28(5)73)56(91-32(9)77)60(94-40)98-50-42(23-83-26(3)71)95-61(57(92-33(10)78)54(50)89-30(7)75)97-49-41(22-82-25(2)70)93-59(55(90-31(8)76)53(49)88-29(6)74)84-20-39(58(79)96-51-46(66)44(64)43(63)45(65)47(51)67)68-62(80)85-19-38-36-17-13-11-15-34(36)35-16-12-14-18-37(35)38/h11-18,38-42,48-50,52-57,59-61H,19-23H2,1-10H3,(H,68,80)/t39-,40+,41+,42+,48-,49-,50-,52-,53-,54-,55+,56+,57+,59+,60+,61+/m0/s1. The third-order valence-electron chi connectivity index (χ3n) is 14.5. The molecule has 1 amide bonds. The van der Waals surface area contributed by atoms with Gasteiger partial charge in [-0.1, -0.05) is 48.5 Å². The van der Waals surface area contributed by atoms with Crippen LogP contribution in [0, 0.1) is 29.1 Å². The summed E-state index contributed by atoms with van der Waals surface area (Å²) in [6.45, 7) is 4.30. The summed E-state index contributed by atoms with van der Waals surface area (Å²) in [7, 11) is 0. The first kappa shape index (κ1) is 75.9. The first-order valence-corrected chi connectivity index (χ1v) is 29.6. The number of alkyl carbamates (subject to hydrolysis) is 1. The summed E-state index contributed by atoms with van der Waals surface area (Å²) < 4.78 is 176. The zero-order valence-corrected chi connectivity index (χ0v) is 53.6. The third-order valence-corrected chi connectivity index (χ3v) is 14.5. The highest BCUT2D eigenvalue weighted by Crippen LogP contribution is 2.45. The number of fused-ring (bicyclic) bond motifs is 3. The van der Waals surface area contributed by atoms with Crippen molar-refractivity contribution >= 4 is 71.8 Å². The predicted octanol–water partition coefficient (Wildman–Crippen LogP) is 3.37. The van der Waals surface area contributed by atoms with Gasteiger partial charge >= 0.3 is 71.8 Å². The van der Waals surface area contributed by atoms with E-state index in [0.717, 1.165) is 80.4 Å². The molecule has 4 aliphatic rings. The summed E-state index contributed by atoms with van der Waals surface area (Å²) in [5.74, 6) is -28.8. The molecule has 534 valence electrons. The monoisotopic (exact) mass is 1400 g/mol. The van der Waals surface area contributed by atoms with Gasteiger partial charge in [0.25, 0.3) is 0 Å². The van der Waals surface area contributed by atoms with Crippen molar-refractivity contribution in [3.05, 3.63) is 88.7 Å². The topological polar surface area (TPSA) is 383 Å². The highest BCUT2D eigenvalue weighted by atomic mass is 19.2. The number of ether oxygens (including phenoxy) is 18. The number of amides is 1. The fourth-order valence-electron chi connectivity index (χ4n) is 10.9. The molecule has 3 aliphatic heterocycles. The van der Waals surface area contributed by atoms with E-state index in [2.05, 4.69) is 0 Å². The van der Waals surface area contributed by atoms with Crippen LogP contribution in [-0.2, 0) is 133 Å². The van der Waals surface area contributed by atoms with Gasteiger partial charge in [-0.15, -0.1) is 0 Å². The molecule has 0 unspecified atom stereocenters. The van der Waals surface area contributed by atoms with Crippen LogP contribution in [0.3, 0.4) is 0 Å². The normalized spacial score (nSPS) is 25.8. The first-order chi connectivity index (χ1) is 46.2. The van der Waals surface area contributed by atoms with E-state index in [-0.39, 0.29) is 0 Å². The predicted molar refractivity (Wildman–Crippen MR) is 304 cm³/mol. The summed E-state index contributed by atoms with van der Waals surface area (Å²) >= 11 is 0. The highest BCUT2D eigenvalue weighted by molar-refractivity contribution is 5.84. The van der Waals surface area contributed by atoms with Crippen molar-refractivity contribution in [2.45, 2.75) is 173 Å². The van der Waals surface area contributed by atoms with E-state index in [1.807, 2.05) is 17.4 Å². The van der Waals surface area contributed by atoms with E-state index >= 15 is 8.78 Å². The lowest BCUT2D eigenvalue weighted by Gasteiger charge is -2.50. The molecule has 7 rings (SSSR count). The van der Waals surface area contributed by atoms with Gasteiger partial charge in [0.15, 0.2) is 67.6 Å². The van der Waals surface area contributed by atoms with E-state index < -0.39 is 244 Å². The van der Waals surface area contributed by atoms with Gasteiger partial charge in [0.1, 0.15) is 56.9 Å². The van der Waals surface area contributed by atoms with E-state index in [9.17, 15) is 70.7 Å². The minimum Gasteiger partial charge on any atom is -0.463 e. The molecule has 16 atom stereocenters. The quantitative estimate of drug-likeness (QED) is 0.0317. The SMILES string of the molecule is CC(=O)OC[C@H]1O[C@H](O[C@@H]2[C@H](OC(C)=O)[C@@H](OC(C)=O)[C@@H](O[C@@H]3[C@H](OC(C)=O)[C@@H](OC(C)=O)[C@H](OC[C@H](NC(=O)OCC4c5ccccc5-c5ccccc54)C(=O)Oc4c(F)c(F)c(F)c(F)c4F)O[C@@H]3COC(C)=O)O[C@@H]2COC(C)=O)[C@H](OC(C)=O)[C@@H](OC(C)=O)[C@H]1OC(C)=O. The molecule has 0 radical (unpaired) electrons. The van der Waals surface area contributed by atoms with Gasteiger partial charge in [-0.25, -0.2) is 22.8 Å². The van der Waals surface area contributed by atoms with Crippen LogP contribution < -0.4 is 10.1 Å². The van der Waals surface area contributed by atoms with Gasteiger partial charge in [-0.2, -0.15) is 8.78 Å². The van der Waals surface area contributed by atoms with E-state index in [4.69, 9.17) is 85.3 Å². The van der Waals surface area contributed by atoms with E-state index in [1.54, 1.807) is 36.4 Å². The largest absolute Gasteiger partial charge is 0.463 e. The van der Waals surface area contributed by atoms with Crippen LogP contribution in [0.2, 0.25) is 0 Å². The number of hydrogen-bond acceptors (Lipinski definition) is 30. The van der Waals surface area contributed by atoms with Gasteiger partial charge in [-0.3, -0.25) is 47.9 Å². The molecule has 3 aromatic carbocycles. The zero-order chi connectivity index (χ0) is 72.1. The Morgan fingerprint density at radius 3 is 1.10 bits per heavy atom. The maximum atomic E-state index is 15.1. The molecule has 98 heavy (non-hydrogen) atoms. The second-order valence-corrected chi connectivity index (χ2v) is 21.9. The summed E-state index contributed by atoms with van der Waals surface area (Å²) in [6.07, 6.45) is -32.4. The van der Waals surface area contributed by atoms with Crippen molar-refractivity contribution in [3.63, 3.8) is 0 Å². The van der Waals surface area contributed by atoms with Crippen molar-refractivity contribution in [1.82, 2.24) is 5.32 Å². The Kier molecular flexibility index (Phi) is 26.1. The number of carbonyl (C=O) groups excluding carboxylic acids is 12. The summed E-state index contributed by atoms with van der Waals surface area (Å²) in [5.41, 5.74) is 2.98. The van der Waals surface area contributed by atoms with Crippen LogP contribution in [0.25, 0.3) is 11.1 Å². The molecule has 0 spiro atoms. The lowest BCUT2D eigenvalue weighted by molar-refractivity contribution is -0.380. The van der Waals surface area contributed by atoms with Crippen LogP contribution in [0.5, 0.6) is 5.75 Å². The average molecular weight is 1400 g/mol. The van der Waals surface area contributed by atoms with Crippen LogP contribution in [0.1, 0.15) is 86.3 Å². The minimum atomic E-state index is -2.64. The van der Waals surface area contributed by atoms with Crippen LogP contribution in [-0.4, -0.2) is 203 Å². The zero-order valence-electron chi connectivity index (χ0n) is 53.6. The number of rotatable bonds is 25. The number of carbonyl (C=O) groups is 12. The van der Waals surface area contributed by atoms with Gasteiger partial charge in [0.2, 0.25) is 34.8 Å². The molecule has 36 heteroatoms. The van der Waals surface area contributed by atoms with E-state index in [0.29, 0.717) is 11.1 Å². The van der Waals surface area contributed by atoms with Gasteiger partial charge in [0, 0.05) is 75.2 Å². The summed E-state index contributed by atoms with van der Waals surface area (Å²) in [4.78, 5) is 156. The maximum absolute atomic E-state index is 15.1. The highest BCUT2D eigenvalue weighted by Gasteiger charge is 2.60.